The van der Waals surface area contributed by atoms with Gasteiger partial charge in [-0.2, -0.15) is 0 Å². The van der Waals surface area contributed by atoms with Gasteiger partial charge in [-0.3, -0.25) is 4.79 Å². The zero-order valence-electron chi connectivity index (χ0n) is 5.08. The summed E-state index contributed by atoms with van der Waals surface area (Å²) in [6, 6.07) is 5.37. The van der Waals surface area contributed by atoms with Gasteiger partial charge in [0.2, 0.25) is 0 Å². The molecule has 0 aliphatic carbocycles. The lowest BCUT2D eigenvalue weighted by atomic mass is 10.2. The Labute approximate surface area is 64.3 Å². The fraction of sp³-hybridized carbons (Fsp3) is 0. The van der Waals surface area contributed by atoms with Gasteiger partial charge in [0, 0.05) is 5.56 Å². The molecule has 0 fully saturated rings. The number of aldehydes is 1. The van der Waals surface area contributed by atoms with E-state index in [2.05, 4.69) is 0 Å². The van der Waals surface area contributed by atoms with Crippen molar-refractivity contribution in [1.82, 2.24) is 0 Å². The highest BCUT2D eigenvalue weighted by molar-refractivity contribution is 5.85. The summed E-state index contributed by atoms with van der Waals surface area (Å²) >= 11 is 0. The van der Waals surface area contributed by atoms with E-state index in [-0.39, 0.29) is 18.2 Å². The monoisotopic (exact) mass is 160 g/mol. The van der Waals surface area contributed by atoms with E-state index in [0.717, 1.165) is 0 Å². The van der Waals surface area contributed by atoms with Gasteiger partial charge >= 0.3 is 0 Å². The summed E-state index contributed by atoms with van der Waals surface area (Å²) in [7, 11) is 0. The van der Waals surface area contributed by atoms with Gasteiger partial charge in [-0.1, -0.05) is 0 Å². The van der Waals surface area contributed by atoms with Gasteiger partial charge in [0.05, 0.1) is 0 Å². The van der Waals surface area contributed by atoms with Crippen LogP contribution in [0, 0.1) is 5.82 Å². The van der Waals surface area contributed by atoms with Crippen molar-refractivity contribution in [2.75, 3.05) is 0 Å². The molecule has 0 radical (unpaired) electrons. The molecule has 0 aromatic heterocycles. The van der Waals surface area contributed by atoms with Crippen LogP contribution in [0.25, 0.3) is 0 Å². The Morgan fingerprint density at radius 3 is 2.10 bits per heavy atom. The fourth-order valence-corrected chi connectivity index (χ4v) is 0.541. The summed E-state index contributed by atoms with van der Waals surface area (Å²) in [6.45, 7) is 0. The van der Waals surface area contributed by atoms with Gasteiger partial charge in [0.15, 0.2) is 0 Å². The molecule has 1 aromatic rings. The van der Waals surface area contributed by atoms with Crippen molar-refractivity contribution in [3.05, 3.63) is 35.6 Å². The van der Waals surface area contributed by atoms with Crippen molar-refractivity contribution >= 4 is 18.7 Å². The van der Waals surface area contributed by atoms with E-state index in [1.165, 1.54) is 24.3 Å². The molecule has 1 aromatic carbocycles. The third kappa shape index (κ3) is 2.15. The zero-order valence-corrected chi connectivity index (χ0v) is 5.90. The van der Waals surface area contributed by atoms with Crippen LogP contribution in [0.5, 0.6) is 0 Å². The molecule has 0 aliphatic heterocycles. The van der Waals surface area contributed by atoms with E-state index in [1.54, 1.807) is 0 Å². The van der Waals surface area contributed by atoms with Crippen LogP contribution in [0.2, 0.25) is 0 Å². The lowest BCUT2D eigenvalue weighted by molar-refractivity contribution is 0.112. The molecule has 0 N–H and O–H groups in total. The van der Waals surface area contributed by atoms with Gasteiger partial charge in [-0.05, 0) is 24.3 Å². The molecule has 1 nitrogen and oxygen atoms in total. The Morgan fingerprint density at radius 1 is 1.20 bits per heavy atom. The third-order valence-corrected chi connectivity index (χ3v) is 1.01. The molecule has 0 heterocycles. The highest BCUT2D eigenvalue weighted by Crippen LogP contribution is 1.98. The molecule has 0 aliphatic rings. The van der Waals surface area contributed by atoms with Crippen LogP contribution < -0.4 is 0 Å². The van der Waals surface area contributed by atoms with Crippen LogP contribution in [-0.4, -0.2) is 6.29 Å². The topological polar surface area (TPSA) is 17.1 Å². The second kappa shape index (κ2) is 4.01. The van der Waals surface area contributed by atoms with E-state index in [4.69, 9.17) is 0 Å². The summed E-state index contributed by atoms with van der Waals surface area (Å²) < 4.78 is 12.1. The molecular formula is C7H6ClFO. The first-order valence-electron chi connectivity index (χ1n) is 2.53. The van der Waals surface area contributed by atoms with Crippen LogP contribution in [0.4, 0.5) is 4.39 Å². The summed E-state index contributed by atoms with van der Waals surface area (Å²) in [5.41, 5.74) is 0.497. The van der Waals surface area contributed by atoms with E-state index in [1.807, 2.05) is 0 Å². The zero-order chi connectivity index (χ0) is 6.69. The molecule has 0 atom stereocenters. The van der Waals surface area contributed by atoms with E-state index >= 15 is 0 Å². The first-order chi connectivity index (χ1) is 4.33. The molecule has 54 valence electrons. The Morgan fingerprint density at radius 2 is 1.70 bits per heavy atom. The van der Waals surface area contributed by atoms with Crippen molar-refractivity contribution in [3.63, 3.8) is 0 Å². The molecule has 0 saturated carbocycles. The lowest BCUT2D eigenvalue weighted by Crippen LogP contribution is -1.77. The van der Waals surface area contributed by atoms with Crippen LogP contribution in [0.15, 0.2) is 24.3 Å². The second-order valence-corrected chi connectivity index (χ2v) is 1.67. The first kappa shape index (κ1) is 9.11. The highest BCUT2D eigenvalue weighted by atomic mass is 35.5. The summed E-state index contributed by atoms with van der Waals surface area (Å²) in [5.74, 6) is -0.319. The number of halogens is 2. The summed E-state index contributed by atoms with van der Waals surface area (Å²) in [5, 5.41) is 0. The van der Waals surface area contributed by atoms with Crippen LogP contribution in [0.1, 0.15) is 10.4 Å². The predicted octanol–water partition coefficient (Wildman–Crippen LogP) is 2.06. The van der Waals surface area contributed by atoms with E-state index < -0.39 is 0 Å². The van der Waals surface area contributed by atoms with Gasteiger partial charge in [-0.25, -0.2) is 4.39 Å². The SMILES string of the molecule is Cl.O=Cc1ccc(F)cc1. The van der Waals surface area contributed by atoms with E-state index in [0.29, 0.717) is 11.8 Å². The first-order valence-corrected chi connectivity index (χ1v) is 2.53. The molecular weight excluding hydrogens is 155 g/mol. The molecule has 0 bridgehead atoms. The number of hydrogen-bond donors (Lipinski definition) is 0. The Bertz CT molecular complexity index is 207. The lowest BCUT2D eigenvalue weighted by Gasteiger charge is -1.86. The van der Waals surface area contributed by atoms with Crippen molar-refractivity contribution in [2.45, 2.75) is 0 Å². The number of hydrogen-bond acceptors (Lipinski definition) is 1. The fourth-order valence-electron chi connectivity index (χ4n) is 0.541. The Kier molecular flexibility index (Phi) is 3.65. The van der Waals surface area contributed by atoms with Crippen LogP contribution in [0.3, 0.4) is 0 Å². The minimum Gasteiger partial charge on any atom is -0.298 e. The quantitative estimate of drug-likeness (QED) is 0.575. The maximum absolute atomic E-state index is 12.1. The van der Waals surface area contributed by atoms with Crippen molar-refractivity contribution in [1.29, 1.82) is 0 Å². The van der Waals surface area contributed by atoms with Gasteiger partial charge < -0.3 is 0 Å². The molecule has 1 rings (SSSR count). The highest BCUT2D eigenvalue weighted by Gasteiger charge is 1.87. The minimum absolute atomic E-state index is 0. The maximum atomic E-state index is 12.1. The van der Waals surface area contributed by atoms with Crippen molar-refractivity contribution in [3.8, 4) is 0 Å². The number of rotatable bonds is 1. The van der Waals surface area contributed by atoms with E-state index in [9.17, 15) is 9.18 Å². The maximum Gasteiger partial charge on any atom is 0.150 e. The number of carbonyl (C=O) groups excluding carboxylic acids is 1. The summed E-state index contributed by atoms with van der Waals surface area (Å²) in [6.07, 6.45) is 0.680. The average molecular weight is 161 g/mol. The Balaban J connectivity index is 0.000000810. The van der Waals surface area contributed by atoms with Crippen molar-refractivity contribution in [2.24, 2.45) is 0 Å². The smallest absolute Gasteiger partial charge is 0.150 e. The molecule has 0 amide bonds. The van der Waals surface area contributed by atoms with Crippen LogP contribution >= 0.6 is 12.4 Å². The molecule has 0 spiro atoms. The molecule has 3 heteroatoms. The number of benzene rings is 1. The van der Waals surface area contributed by atoms with Gasteiger partial charge in [0.1, 0.15) is 12.1 Å². The molecule has 0 saturated heterocycles. The Hall–Kier alpha value is -0.890. The second-order valence-electron chi connectivity index (χ2n) is 1.67. The van der Waals surface area contributed by atoms with Crippen molar-refractivity contribution < 1.29 is 9.18 Å². The predicted molar refractivity (Wildman–Crippen MR) is 39.0 cm³/mol. The van der Waals surface area contributed by atoms with Gasteiger partial charge in [-0.15, -0.1) is 12.4 Å². The summed E-state index contributed by atoms with van der Waals surface area (Å²) in [4.78, 5) is 10.00. The minimum atomic E-state index is -0.319. The normalized spacial score (nSPS) is 8.10. The third-order valence-electron chi connectivity index (χ3n) is 1.01. The van der Waals surface area contributed by atoms with Gasteiger partial charge in [0.25, 0.3) is 0 Å². The molecule has 10 heavy (non-hydrogen) atoms. The average Bonchev–Trinajstić information content (AvgIpc) is 1.90. The largest absolute Gasteiger partial charge is 0.298 e. The molecule has 0 unspecified atom stereocenters. The standard InChI is InChI=1S/C7H5FO.ClH/c8-7-3-1-6(5-9)2-4-7;/h1-5H;1H. The van der Waals surface area contributed by atoms with Crippen LogP contribution in [-0.2, 0) is 0 Å². The number of carbonyl (C=O) groups is 1.